The van der Waals surface area contributed by atoms with E-state index in [0.717, 1.165) is 31.7 Å². The molecule has 2 aromatic rings. The molecule has 0 radical (unpaired) electrons. The second-order valence-corrected chi connectivity index (χ2v) is 4.62. The Labute approximate surface area is 115 Å². The van der Waals surface area contributed by atoms with Crippen LogP contribution in [0.3, 0.4) is 0 Å². The monoisotopic (exact) mass is 255 g/mol. The van der Waals surface area contributed by atoms with Gasteiger partial charge in [0.15, 0.2) is 0 Å². The predicted octanol–water partition coefficient (Wildman–Crippen LogP) is 2.08. The highest BCUT2D eigenvalue weighted by atomic mass is 15.1. The molecule has 1 aromatic carbocycles. The van der Waals surface area contributed by atoms with Gasteiger partial charge in [0, 0.05) is 44.5 Å². The lowest BCUT2D eigenvalue weighted by Gasteiger charge is -2.21. The van der Waals surface area contributed by atoms with Crippen LogP contribution in [0.1, 0.15) is 11.3 Å². The Kier molecular flexibility index (Phi) is 5.53. The van der Waals surface area contributed by atoms with Crippen molar-refractivity contribution in [3.8, 4) is 0 Å². The van der Waals surface area contributed by atoms with Gasteiger partial charge < -0.3 is 5.73 Å². The largest absolute Gasteiger partial charge is 0.329 e. The minimum Gasteiger partial charge on any atom is -0.329 e. The molecule has 0 bridgehead atoms. The number of nitrogens with zero attached hydrogens (tertiary/aromatic N) is 2. The molecule has 19 heavy (non-hydrogen) atoms. The normalized spacial score (nSPS) is 10.8. The Morgan fingerprint density at radius 1 is 0.947 bits per heavy atom. The number of benzene rings is 1. The van der Waals surface area contributed by atoms with Crippen LogP contribution in [0.2, 0.25) is 0 Å². The molecule has 0 aliphatic heterocycles. The molecule has 0 amide bonds. The number of rotatable bonds is 7. The molecule has 0 saturated carbocycles. The van der Waals surface area contributed by atoms with Crippen LogP contribution in [-0.2, 0) is 13.0 Å². The lowest BCUT2D eigenvalue weighted by Crippen LogP contribution is -2.31. The van der Waals surface area contributed by atoms with Crippen LogP contribution in [0.4, 0.5) is 0 Å². The molecule has 2 rings (SSSR count). The topological polar surface area (TPSA) is 42.1 Å². The van der Waals surface area contributed by atoms with Crippen LogP contribution < -0.4 is 5.73 Å². The van der Waals surface area contributed by atoms with Crippen molar-refractivity contribution in [1.29, 1.82) is 0 Å². The van der Waals surface area contributed by atoms with Gasteiger partial charge in [-0.2, -0.15) is 0 Å². The van der Waals surface area contributed by atoms with Crippen LogP contribution in [0, 0.1) is 0 Å². The highest BCUT2D eigenvalue weighted by Crippen LogP contribution is 2.05. The van der Waals surface area contributed by atoms with E-state index < -0.39 is 0 Å². The lowest BCUT2D eigenvalue weighted by atomic mass is 10.2. The van der Waals surface area contributed by atoms with Gasteiger partial charge in [0.2, 0.25) is 0 Å². The van der Waals surface area contributed by atoms with Crippen LogP contribution in [0.25, 0.3) is 0 Å². The molecular weight excluding hydrogens is 234 g/mol. The summed E-state index contributed by atoms with van der Waals surface area (Å²) < 4.78 is 0. The molecule has 0 spiro atoms. The summed E-state index contributed by atoms with van der Waals surface area (Å²) in [5, 5.41) is 0. The van der Waals surface area contributed by atoms with E-state index in [1.54, 1.807) is 0 Å². The van der Waals surface area contributed by atoms with E-state index in [1.165, 1.54) is 5.56 Å². The fourth-order valence-electron chi connectivity index (χ4n) is 2.11. The first-order valence-corrected chi connectivity index (χ1v) is 6.75. The van der Waals surface area contributed by atoms with E-state index in [2.05, 4.69) is 40.2 Å². The fraction of sp³-hybridized carbons (Fsp3) is 0.312. The second-order valence-electron chi connectivity index (χ2n) is 4.62. The van der Waals surface area contributed by atoms with Crippen molar-refractivity contribution < 1.29 is 0 Å². The molecular formula is C16H21N3. The minimum atomic E-state index is 0.690. The molecule has 0 atom stereocenters. The van der Waals surface area contributed by atoms with Crippen molar-refractivity contribution >= 4 is 0 Å². The Morgan fingerprint density at radius 3 is 2.42 bits per heavy atom. The third-order valence-electron chi connectivity index (χ3n) is 3.10. The van der Waals surface area contributed by atoms with Crippen LogP contribution in [0.15, 0.2) is 54.7 Å². The van der Waals surface area contributed by atoms with Crippen molar-refractivity contribution in [2.45, 2.75) is 13.0 Å². The molecule has 1 aromatic heterocycles. The Hall–Kier alpha value is -1.71. The molecule has 3 heteroatoms. The molecule has 0 unspecified atom stereocenters. The summed E-state index contributed by atoms with van der Waals surface area (Å²) in [6, 6.07) is 16.6. The molecule has 2 N–H and O–H groups in total. The SMILES string of the molecule is NCCN(CCc1ccccn1)Cc1ccccc1. The Balaban J connectivity index is 1.89. The highest BCUT2D eigenvalue weighted by Gasteiger charge is 2.05. The number of hydrogen-bond donors (Lipinski definition) is 1. The summed E-state index contributed by atoms with van der Waals surface area (Å²) in [6.45, 7) is 3.55. The predicted molar refractivity (Wildman–Crippen MR) is 78.7 cm³/mol. The smallest absolute Gasteiger partial charge is 0.0416 e. The number of hydrogen-bond acceptors (Lipinski definition) is 3. The van der Waals surface area contributed by atoms with E-state index in [1.807, 2.05) is 24.4 Å². The van der Waals surface area contributed by atoms with Gasteiger partial charge in [0.1, 0.15) is 0 Å². The quantitative estimate of drug-likeness (QED) is 0.823. The standard InChI is InChI=1S/C16H21N3/c17-10-13-19(14-15-6-2-1-3-7-15)12-9-16-8-4-5-11-18-16/h1-8,11H,9-10,12-14,17H2. The van der Waals surface area contributed by atoms with Crippen molar-refractivity contribution in [3.63, 3.8) is 0 Å². The van der Waals surface area contributed by atoms with Gasteiger partial charge >= 0.3 is 0 Å². The molecule has 1 heterocycles. The van der Waals surface area contributed by atoms with Crippen molar-refractivity contribution in [2.24, 2.45) is 5.73 Å². The summed E-state index contributed by atoms with van der Waals surface area (Å²) in [5.74, 6) is 0. The summed E-state index contributed by atoms with van der Waals surface area (Å²) in [7, 11) is 0. The van der Waals surface area contributed by atoms with E-state index in [0.29, 0.717) is 6.54 Å². The number of pyridine rings is 1. The maximum atomic E-state index is 5.69. The first kappa shape index (κ1) is 13.7. The summed E-state index contributed by atoms with van der Waals surface area (Å²) in [4.78, 5) is 6.74. The van der Waals surface area contributed by atoms with Gasteiger partial charge in [-0.05, 0) is 17.7 Å². The van der Waals surface area contributed by atoms with Crippen LogP contribution in [-0.4, -0.2) is 29.5 Å². The summed E-state index contributed by atoms with van der Waals surface area (Å²) in [6.07, 6.45) is 2.81. The lowest BCUT2D eigenvalue weighted by molar-refractivity contribution is 0.275. The van der Waals surface area contributed by atoms with Gasteiger partial charge in [0.05, 0.1) is 0 Å². The van der Waals surface area contributed by atoms with E-state index in [4.69, 9.17) is 5.73 Å². The van der Waals surface area contributed by atoms with Gasteiger partial charge in [-0.25, -0.2) is 0 Å². The maximum absolute atomic E-state index is 5.69. The van der Waals surface area contributed by atoms with Gasteiger partial charge in [-0.3, -0.25) is 9.88 Å². The van der Waals surface area contributed by atoms with Crippen LogP contribution in [0.5, 0.6) is 0 Å². The zero-order chi connectivity index (χ0) is 13.3. The number of aromatic nitrogens is 1. The van der Waals surface area contributed by atoms with Gasteiger partial charge in [-0.15, -0.1) is 0 Å². The average Bonchev–Trinajstić information content (AvgIpc) is 2.47. The molecule has 0 fully saturated rings. The Morgan fingerprint density at radius 2 is 1.74 bits per heavy atom. The zero-order valence-electron chi connectivity index (χ0n) is 11.2. The zero-order valence-corrected chi connectivity index (χ0v) is 11.2. The van der Waals surface area contributed by atoms with Crippen molar-refractivity contribution in [2.75, 3.05) is 19.6 Å². The van der Waals surface area contributed by atoms with Crippen molar-refractivity contribution in [3.05, 3.63) is 66.0 Å². The first-order chi connectivity index (χ1) is 9.38. The molecule has 100 valence electrons. The van der Waals surface area contributed by atoms with Gasteiger partial charge in [-0.1, -0.05) is 36.4 Å². The summed E-state index contributed by atoms with van der Waals surface area (Å²) >= 11 is 0. The fourth-order valence-corrected chi connectivity index (χ4v) is 2.11. The molecule has 0 aliphatic rings. The summed E-state index contributed by atoms with van der Waals surface area (Å²) in [5.41, 5.74) is 8.16. The third kappa shape index (κ3) is 4.81. The van der Waals surface area contributed by atoms with E-state index in [9.17, 15) is 0 Å². The minimum absolute atomic E-state index is 0.690. The molecule has 3 nitrogen and oxygen atoms in total. The van der Waals surface area contributed by atoms with E-state index >= 15 is 0 Å². The molecule has 0 aliphatic carbocycles. The molecule has 0 saturated heterocycles. The van der Waals surface area contributed by atoms with E-state index in [-0.39, 0.29) is 0 Å². The number of nitrogens with two attached hydrogens (primary N) is 1. The average molecular weight is 255 g/mol. The Bertz CT molecular complexity index is 456. The first-order valence-electron chi connectivity index (χ1n) is 6.75. The highest BCUT2D eigenvalue weighted by molar-refractivity contribution is 5.14. The maximum Gasteiger partial charge on any atom is 0.0416 e. The second kappa shape index (κ2) is 7.67. The van der Waals surface area contributed by atoms with Crippen molar-refractivity contribution in [1.82, 2.24) is 9.88 Å². The van der Waals surface area contributed by atoms with Gasteiger partial charge in [0.25, 0.3) is 0 Å². The third-order valence-corrected chi connectivity index (χ3v) is 3.10. The van der Waals surface area contributed by atoms with Crippen LogP contribution >= 0.6 is 0 Å².